The van der Waals surface area contributed by atoms with Crippen molar-refractivity contribution in [1.82, 2.24) is 15.8 Å². The zero-order chi connectivity index (χ0) is 15.1. The standard InChI is InChI=1S/C15H14FN3O2/c1-11(12-6-8-17-9-7-12)18-19-15(20)10-21-14-4-2-13(16)3-5-14/h2-9,18H,1,10H2,(H,19,20). The summed E-state index contributed by atoms with van der Waals surface area (Å²) in [5.41, 5.74) is 6.48. The average Bonchev–Trinajstić information content (AvgIpc) is 2.53. The molecule has 0 saturated carbocycles. The highest BCUT2D eigenvalue weighted by Crippen LogP contribution is 2.10. The fourth-order valence-corrected chi connectivity index (χ4v) is 1.49. The van der Waals surface area contributed by atoms with E-state index in [4.69, 9.17) is 4.74 Å². The Hall–Kier alpha value is -2.89. The predicted molar refractivity (Wildman–Crippen MR) is 76.4 cm³/mol. The Morgan fingerprint density at radius 1 is 1.14 bits per heavy atom. The maximum atomic E-state index is 12.7. The Kier molecular flexibility index (Phi) is 4.87. The molecule has 0 saturated heterocycles. The van der Waals surface area contributed by atoms with Crippen molar-refractivity contribution in [2.75, 3.05) is 6.61 Å². The zero-order valence-electron chi connectivity index (χ0n) is 11.2. The summed E-state index contributed by atoms with van der Waals surface area (Å²) in [6, 6.07) is 8.94. The topological polar surface area (TPSA) is 63.2 Å². The quantitative estimate of drug-likeness (QED) is 0.796. The molecular formula is C15H14FN3O2. The van der Waals surface area contributed by atoms with Gasteiger partial charge in [-0.2, -0.15) is 0 Å². The molecule has 0 unspecified atom stereocenters. The fraction of sp³-hybridized carbons (Fsp3) is 0.0667. The van der Waals surface area contributed by atoms with Gasteiger partial charge in [0.05, 0.1) is 5.70 Å². The summed E-state index contributed by atoms with van der Waals surface area (Å²) in [5.74, 6) is -0.323. The van der Waals surface area contributed by atoms with Crippen LogP contribution in [-0.2, 0) is 4.79 Å². The van der Waals surface area contributed by atoms with Gasteiger partial charge in [-0.15, -0.1) is 0 Å². The van der Waals surface area contributed by atoms with Crippen LogP contribution in [0.25, 0.3) is 5.70 Å². The van der Waals surface area contributed by atoms with Crippen LogP contribution in [0.5, 0.6) is 5.75 Å². The average molecular weight is 287 g/mol. The summed E-state index contributed by atoms with van der Waals surface area (Å²) >= 11 is 0. The smallest absolute Gasteiger partial charge is 0.276 e. The van der Waals surface area contributed by atoms with Crippen molar-refractivity contribution in [2.45, 2.75) is 0 Å². The van der Waals surface area contributed by atoms with E-state index in [1.165, 1.54) is 24.3 Å². The summed E-state index contributed by atoms with van der Waals surface area (Å²) in [4.78, 5) is 15.5. The molecule has 21 heavy (non-hydrogen) atoms. The molecule has 0 aliphatic heterocycles. The van der Waals surface area contributed by atoms with E-state index in [1.54, 1.807) is 24.5 Å². The molecule has 1 amide bonds. The second-order valence-corrected chi connectivity index (χ2v) is 4.13. The largest absolute Gasteiger partial charge is 0.484 e. The van der Waals surface area contributed by atoms with E-state index in [1.807, 2.05) is 0 Å². The first-order valence-corrected chi connectivity index (χ1v) is 6.17. The first-order chi connectivity index (χ1) is 10.1. The lowest BCUT2D eigenvalue weighted by Crippen LogP contribution is -2.38. The van der Waals surface area contributed by atoms with Gasteiger partial charge in [-0.1, -0.05) is 6.58 Å². The van der Waals surface area contributed by atoms with Gasteiger partial charge in [0.2, 0.25) is 0 Å². The summed E-state index contributed by atoms with van der Waals surface area (Å²) in [7, 11) is 0. The van der Waals surface area contributed by atoms with Crippen LogP contribution in [0, 0.1) is 5.82 Å². The van der Waals surface area contributed by atoms with E-state index in [0.29, 0.717) is 11.4 Å². The zero-order valence-corrected chi connectivity index (χ0v) is 11.2. The normalized spacial score (nSPS) is 9.76. The summed E-state index contributed by atoms with van der Waals surface area (Å²) in [6.07, 6.45) is 3.25. The number of hydrazine groups is 1. The molecule has 108 valence electrons. The number of rotatable bonds is 6. The van der Waals surface area contributed by atoms with Gasteiger partial charge in [0.1, 0.15) is 11.6 Å². The predicted octanol–water partition coefficient (Wildman–Crippen LogP) is 1.89. The highest BCUT2D eigenvalue weighted by molar-refractivity contribution is 5.78. The van der Waals surface area contributed by atoms with Gasteiger partial charge < -0.3 is 4.74 Å². The maximum absolute atomic E-state index is 12.7. The lowest BCUT2D eigenvalue weighted by atomic mass is 10.2. The molecule has 2 N–H and O–H groups in total. The molecule has 2 rings (SSSR count). The molecule has 0 atom stereocenters. The van der Waals surface area contributed by atoms with Crippen LogP contribution in [0.4, 0.5) is 4.39 Å². The highest BCUT2D eigenvalue weighted by Gasteiger charge is 2.04. The Bertz CT molecular complexity index is 615. The van der Waals surface area contributed by atoms with Gasteiger partial charge in [0.15, 0.2) is 6.61 Å². The minimum Gasteiger partial charge on any atom is -0.484 e. The number of benzene rings is 1. The molecule has 0 aliphatic carbocycles. The van der Waals surface area contributed by atoms with Crippen molar-refractivity contribution in [2.24, 2.45) is 0 Å². The number of ether oxygens (including phenoxy) is 1. The molecular weight excluding hydrogens is 273 g/mol. The second-order valence-electron chi connectivity index (χ2n) is 4.13. The Labute approximate surface area is 121 Å². The molecule has 0 radical (unpaired) electrons. The van der Waals surface area contributed by atoms with Gasteiger partial charge in [0, 0.05) is 18.0 Å². The first kappa shape index (κ1) is 14.5. The third kappa shape index (κ3) is 4.61. The van der Waals surface area contributed by atoms with Crippen LogP contribution in [0.1, 0.15) is 5.56 Å². The molecule has 6 heteroatoms. The van der Waals surface area contributed by atoms with Crippen molar-refractivity contribution in [3.05, 3.63) is 66.8 Å². The first-order valence-electron chi connectivity index (χ1n) is 6.17. The number of aromatic nitrogens is 1. The van der Waals surface area contributed by atoms with Gasteiger partial charge >= 0.3 is 0 Å². The highest BCUT2D eigenvalue weighted by atomic mass is 19.1. The number of hydrogen-bond donors (Lipinski definition) is 2. The Morgan fingerprint density at radius 2 is 1.81 bits per heavy atom. The van der Waals surface area contributed by atoms with Crippen molar-refractivity contribution in [3.8, 4) is 5.75 Å². The molecule has 0 fully saturated rings. The van der Waals surface area contributed by atoms with Gasteiger partial charge in [0.25, 0.3) is 5.91 Å². The SMILES string of the molecule is C=C(NNC(=O)COc1ccc(F)cc1)c1ccncc1. The fourth-order valence-electron chi connectivity index (χ4n) is 1.49. The molecule has 0 spiro atoms. The minimum atomic E-state index is -0.380. The monoisotopic (exact) mass is 287 g/mol. The maximum Gasteiger partial charge on any atom is 0.276 e. The van der Waals surface area contributed by atoms with Crippen molar-refractivity contribution in [1.29, 1.82) is 0 Å². The molecule has 0 bridgehead atoms. The van der Waals surface area contributed by atoms with Gasteiger partial charge in [-0.3, -0.25) is 20.6 Å². The number of amides is 1. The number of hydrogen-bond acceptors (Lipinski definition) is 4. The van der Waals surface area contributed by atoms with E-state index in [-0.39, 0.29) is 18.3 Å². The number of carbonyl (C=O) groups is 1. The van der Waals surface area contributed by atoms with Crippen molar-refractivity contribution >= 4 is 11.6 Å². The van der Waals surface area contributed by atoms with E-state index >= 15 is 0 Å². The molecule has 2 aromatic rings. The lowest BCUT2D eigenvalue weighted by Gasteiger charge is -2.11. The number of carbonyl (C=O) groups excluding carboxylic acids is 1. The molecule has 1 aromatic heterocycles. The van der Waals surface area contributed by atoms with Gasteiger partial charge in [-0.05, 0) is 36.4 Å². The lowest BCUT2D eigenvalue weighted by molar-refractivity contribution is -0.123. The molecule has 1 heterocycles. The Morgan fingerprint density at radius 3 is 2.48 bits per heavy atom. The van der Waals surface area contributed by atoms with Crippen molar-refractivity contribution < 1.29 is 13.9 Å². The van der Waals surface area contributed by atoms with Crippen LogP contribution in [0.2, 0.25) is 0 Å². The second kappa shape index (κ2) is 7.04. The molecule has 5 nitrogen and oxygen atoms in total. The van der Waals surface area contributed by atoms with Crippen LogP contribution in [0.15, 0.2) is 55.4 Å². The third-order valence-corrected chi connectivity index (χ3v) is 2.57. The van der Waals surface area contributed by atoms with Crippen LogP contribution in [-0.4, -0.2) is 17.5 Å². The number of nitrogens with one attached hydrogen (secondary N) is 2. The summed E-state index contributed by atoms with van der Waals surface area (Å²) in [6.45, 7) is 3.60. The number of halogens is 1. The van der Waals surface area contributed by atoms with E-state index in [2.05, 4.69) is 22.4 Å². The molecule has 1 aromatic carbocycles. The number of nitrogens with zero attached hydrogens (tertiary/aromatic N) is 1. The van der Waals surface area contributed by atoms with Crippen LogP contribution in [0.3, 0.4) is 0 Å². The van der Waals surface area contributed by atoms with Crippen LogP contribution >= 0.6 is 0 Å². The van der Waals surface area contributed by atoms with Crippen molar-refractivity contribution in [3.63, 3.8) is 0 Å². The Balaban J connectivity index is 1.75. The summed E-state index contributed by atoms with van der Waals surface area (Å²) in [5, 5.41) is 0. The van der Waals surface area contributed by atoms with E-state index < -0.39 is 0 Å². The minimum absolute atomic E-state index is 0.192. The number of pyridine rings is 1. The summed E-state index contributed by atoms with van der Waals surface area (Å²) < 4.78 is 17.9. The van der Waals surface area contributed by atoms with E-state index in [9.17, 15) is 9.18 Å². The van der Waals surface area contributed by atoms with Gasteiger partial charge in [-0.25, -0.2) is 4.39 Å². The molecule has 0 aliphatic rings. The van der Waals surface area contributed by atoms with Crippen LogP contribution < -0.4 is 15.6 Å². The van der Waals surface area contributed by atoms with E-state index in [0.717, 1.165) is 5.56 Å². The third-order valence-electron chi connectivity index (χ3n) is 2.57.